The number of likely N-dealkylation sites (tertiary alicyclic amines) is 1. The van der Waals surface area contributed by atoms with Crippen LogP contribution in [-0.2, 0) is 0 Å². The maximum absolute atomic E-state index is 9.02. The molecule has 21 heavy (non-hydrogen) atoms. The molecule has 0 amide bonds. The molecule has 1 atom stereocenters. The Morgan fingerprint density at radius 2 is 2.19 bits per heavy atom. The lowest BCUT2D eigenvalue weighted by Crippen LogP contribution is -2.38. The molecule has 4 heteroatoms. The predicted molar refractivity (Wildman–Crippen MR) is 84.4 cm³/mol. The van der Waals surface area contributed by atoms with Crippen molar-refractivity contribution in [1.29, 1.82) is 5.26 Å². The van der Waals surface area contributed by atoms with Gasteiger partial charge in [-0.05, 0) is 52.0 Å². The molecular weight excluding hydrogens is 262 g/mol. The van der Waals surface area contributed by atoms with E-state index in [1.54, 1.807) is 6.07 Å². The highest BCUT2D eigenvalue weighted by molar-refractivity contribution is 5.42. The number of ether oxygens (including phenoxy) is 1. The van der Waals surface area contributed by atoms with Crippen molar-refractivity contribution < 1.29 is 4.74 Å². The number of benzene rings is 1. The molecule has 0 aliphatic carbocycles. The van der Waals surface area contributed by atoms with E-state index in [0.717, 1.165) is 19.5 Å². The number of para-hydroxylation sites is 1. The highest BCUT2D eigenvalue weighted by Gasteiger charge is 2.24. The number of hydrogen-bond donors (Lipinski definition) is 0. The van der Waals surface area contributed by atoms with Crippen molar-refractivity contribution in [1.82, 2.24) is 9.80 Å². The second kappa shape index (κ2) is 8.02. The lowest BCUT2D eigenvalue weighted by atomic mass is 10.2. The number of rotatable bonds is 7. The fourth-order valence-corrected chi connectivity index (χ4v) is 2.95. The number of nitrogens with zero attached hydrogens (tertiary/aromatic N) is 3. The Morgan fingerprint density at radius 1 is 1.38 bits per heavy atom. The fraction of sp³-hybridized carbons (Fsp3) is 0.588. The number of nitriles is 1. The highest BCUT2D eigenvalue weighted by Crippen LogP contribution is 2.19. The molecule has 1 unspecified atom stereocenters. The molecular formula is C17H25N3O. The van der Waals surface area contributed by atoms with Gasteiger partial charge in [0.05, 0.1) is 12.2 Å². The average Bonchev–Trinajstić information content (AvgIpc) is 2.90. The van der Waals surface area contributed by atoms with Gasteiger partial charge in [-0.2, -0.15) is 5.26 Å². The molecule has 0 saturated carbocycles. The third-order valence-electron chi connectivity index (χ3n) is 3.93. The van der Waals surface area contributed by atoms with Gasteiger partial charge in [0.15, 0.2) is 0 Å². The molecule has 0 bridgehead atoms. The first kappa shape index (κ1) is 15.8. The Balaban J connectivity index is 1.73. The minimum Gasteiger partial charge on any atom is -0.492 e. The van der Waals surface area contributed by atoms with Crippen molar-refractivity contribution in [2.45, 2.75) is 25.3 Å². The van der Waals surface area contributed by atoms with Gasteiger partial charge in [-0.1, -0.05) is 12.1 Å². The Labute approximate surface area is 127 Å². The van der Waals surface area contributed by atoms with Gasteiger partial charge in [0.2, 0.25) is 0 Å². The van der Waals surface area contributed by atoms with E-state index in [9.17, 15) is 0 Å². The van der Waals surface area contributed by atoms with Gasteiger partial charge in [0, 0.05) is 19.1 Å². The quantitative estimate of drug-likeness (QED) is 0.722. The summed E-state index contributed by atoms with van der Waals surface area (Å²) in [6.07, 6.45) is 3.61. The molecule has 0 radical (unpaired) electrons. The van der Waals surface area contributed by atoms with Crippen molar-refractivity contribution in [3.8, 4) is 11.8 Å². The zero-order chi connectivity index (χ0) is 15.1. The summed E-state index contributed by atoms with van der Waals surface area (Å²) < 4.78 is 5.74. The van der Waals surface area contributed by atoms with Crippen LogP contribution < -0.4 is 4.74 Å². The molecule has 2 rings (SSSR count). The Bertz CT molecular complexity index is 481. The summed E-state index contributed by atoms with van der Waals surface area (Å²) in [6.45, 7) is 4.09. The first-order chi connectivity index (χ1) is 10.2. The standard InChI is InChI=1S/C17H25N3O/c1-19(2)14-16-8-5-10-20(16)11-6-12-21-17-9-4-3-7-15(17)13-18/h3-4,7,9,16H,5-6,8,10-12,14H2,1-2H3. The average molecular weight is 287 g/mol. The van der Waals surface area contributed by atoms with E-state index in [1.165, 1.54) is 19.4 Å². The summed E-state index contributed by atoms with van der Waals surface area (Å²) in [4.78, 5) is 4.84. The van der Waals surface area contributed by atoms with Crippen LogP contribution in [0.4, 0.5) is 0 Å². The number of hydrogen-bond acceptors (Lipinski definition) is 4. The molecule has 1 aromatic carbocycles. The summed E-state index contributed by atoms with van der Waals surface area (Å²) in [7, 11) is 4.27. The first-order valence-corrected chi connectivity index (χ1v) is 7.71. The highest BCUT2D eigenvalue weighted by atomic mass is 16.5. The predicted octanol–water partition coefficient (Wildman–Crippen LogP) is 2.35. The molecule has 0 aromatic heterocycles. The monoisotopic (exact) mass is 287 g/mol. The van der Waals surface area contributed by atoms with Gasteiger partial charge in [-0.15, -0.1) is 0 Å². The van der Waals surface area contributed by atoms with Gasteiger partial charge < -0.3 is 9.64 Å². The van der Waals surface area contributed by atoms with Crippen molar-refractivity contribution in [3.05, 3.63) is 29.8 Å². The lowest BCUT2D eigenvalue weighted by molar-refractivity contribution is 0.191. The largest absolute Gasteiger partial charge is 0.492 e. The summed E-state index contributed by atoms with van der Waals surface area (Å²) in [5.74, 6) is 0.700. The van der Waals surface area contributed by atoms with Crippen LogP contribution in [0.2, 0.25) is 0 Å². The molecule has 1 aliphatic rings. The van der Waals surface area contributed by atoms with E-state index in [4.69, 9.17) is 10.00 Å². The van der Waals surface area contributed by atoms with Gasteiger partial charge in [0.25, 0.3) is 0 Å². The molecule has 1 saturated heterocycles. The molecule has 1 aromatic rings. The minimum atomic E-state index is 0.615. The van der Waals surface area contributed by atoms with E-state index in [0.29, 0.717) is 24.0 Å². The molecule has 0 spiro atoms. The fourth-order valence-electron chi connectivity index (χ4n) is 2.95. The van der Waals surface area contributed by atoms with Crippen LogP contribution in [-0.4, -0.2) is 56.2 Å². The molecule has 0 N–H and O–H groups in total. The van der Waals surface area contributed by atoms with Gasteiger partial charge in [-0.25, -0.2) is 0 Å². The second-order valence-corrected chi connectivity index (χ2v) is 5.90. The third-order valence-corrected chi connectivity index (χ3v) is 3.93. The van der Waals surface area contributed by atoms with Crippen LogP contribution in [0.5, 0.6) is 5.75 Å². The van der Waals surface area contributed by atoms with Crippen molar-refractivity contribution in [2.24, 2.45) is 0 Å². The summed E-state index contributed by atoms with van der Waals surface area (Å²) >= 11 is 0. The van der Waals surface area contributed by atoms with Crippen LogP contribution in [0.25, 0.3) is 0 Å². The Morgan fingerprint density at radius 3 is 2.95 bits per heavy atom. The SMILES string of the molecule is CN(C)CC1CCCN1CCCOc1ccccc1C#N. The molecule has 4 nitrogen and oxygen atoms in total. The van der Waals surface area contributed by atoms with E-state index in [1.807, 2.05) is 18.2 Å². The summed E-state index contributed by atoms with van der Waals surface area (Å²) in [5.41, 5.74) is 0.615. The van der Waals surface area contributed by atoms with Crippen LogP contribution in [0.15, 0.2) is 24.3 Å². The third kappa shape index (κ3) is 4.73. The van der Waals surface area contributed by atoms with Gasteiger partial charge >= 0.3 is 0 Å². The van der Waals surface area contributed by atoms with Crippen molar-refractivity contribution in [2.75, 3.05) is 40.3 Å². The van der Waals surface area contributed by atoms with Crippen molar-refractivity contribution >= 4 is 0 Å². The molecule has 1 heterocycles. The van der Waals surface area contributed by atoms with E-state index < -0.39 is 0 Å². The van der Waals surface area contributed by atoms with E-state index >= 15 is 0 Å². The van der Waals surface area contributed by atoms with Crippen molar-refractivity contribution in [3.63, 3.8) is 0 Å². The minimum absolute atomic E-state index is 0.615. The van der Waals surface area contributed by atoms with Gasteiger partial charge in [-0.3, -0.25) is 4.90 Å². The zero-order valence-corrected chi connectivity index (χ0v) is 13.1. The van der Waals surface area contributed by atoms with Gasteiger partial charge in [0.1, 0.15) is 11.8 Å². The topological polar surface area (TPSA) is 39.5 Å². The van der Waals surface area contributed by atoms with Crippen LogP contribution >= 0.6 is 0 Å². The molecule has 114 valence electrons. The first-order valence-electron chi connectivity index (χ1n) is 7.71. The Hall–Kier alpha value is -1.57. The van der Waals surface area contributed by atoms with E-state index in [-0.39, 0.29) is 0 Å². The van der Waals surface area contributed by atoms with Crippen LogP contribution in [0.3, 0.4) is 0 Å². The molecule has 1 aliphatic heterocycles. The van der Waals surface area contributed by atoms with Crippen LogP contribution in [0.1, 0.15) is 24.8 Å². The Kier molecular flexibility index (Phi) is 6.04. The number of likely N-dealkylation sites (N-methyl/N-ethyl adjacent to an activating group) is 1. The lowest BCUT2D eigenvalue weighted by Gasteiger charge is -2.26. The summed E-state index contributed by atoms with van der Waals surface area (Å²) in [6, 6.07) is 10.3. The van der Waals surface area contributed by atoms with E-state index in [2.05, 4.69) is 30.0 Å². The summed E-state index contributed by atoms with van der Waals surface area (Å²) in [5, 5.41) is 9.02. The van der Waals surface area contributed by atoms with Crippen LogP contribution in [0, 0.1) is 11.3 Å². The second-order valence-electron chi connectivity index (χ2n) is 5.90. The normalized spacial score (nSPS) is 18.9. The maximum atomic E-state index is 9.02. The zero-order valence-electron chi connectivity index (χ0n) is 13.1. The smallest absolute Gasteiger partial charge is 0.137 e. The maximum Gasteiger partial charge on any atom is 0.137 e. The molecule has 1 fully saturated rings.